The fourth-order valence-corrected chi connectivity index (χ4v) is 2.70. The highest BCUT2D eigenvalue weighted by atomic mass is 19.4. The number of carbonyl (C=O) groups is 3. The van der Waals surface area contributed by atoms with E-state index >= 15 is 0 Å². The first-order chi connectivity index (χ1) is 13.6. The molecule has 0 spiro atoms. The van der Waals surface area contributed by atoms with Crippen LogP contribution < -0.4 is 10.1 Å². The molecule has 0 fully saturated rings. The fourth-order valence-electron chi connectivity index (χ4n) is 2.70. The Morgan fingerprint density at radius 2 is 1.76 bits per heavy atom. The van der Waals surface area contributed by atoms with Crippen LogP contribution in [0, 0.1) is 10.1 Å². The maximum Gasteiger partial charge on any atom is 0.573 e. The van der Waals surface area contributed by atoms with Gasteiger partial charge in [0.2, 0.25) is 5.91 Å². The fraction of sp³-hybridized carbons (Fsp3) is 0.118. The third-order valence-corrected chi connectivity index (χ3v) is 3.85. The quantitative estimate of drug-likeness (QED) is 0.461. The average Bonchev–Trinajstić information content (AvgIpc) is 2.87. The zero-order valence-corrected chi connectivity index (χ0v) is 14.2. The number of hydrogen-bond acceptors (Lipinski definition) is 6. The summed E-state index contributed by atoms with van der Waals surface area (Å²) in [5.74, 6) is -3.17. The molecule has 1 N–H and O–H groups in total. The molecule has 2 aromatic rings. The van der Waals surface area contributed by atoms with E-state index in [1.807, 2.05) is 0 Å². The van der Waals surface area contributed by atoms with Gasteiger partial charge in [-0.25, -0.2) is 0 Å². The number of imide groups is 1. The molecule has 150 valence electrons. The molecule has 0 atom stereocenters. The molecule has 0 bridgehead atoms. The number of hydrogen-bond donors (Lipinski definition) is 1. The average molecular weight is 409 g/mol. The van der Waals surface area contributed by atoms with Crippen molar-refractivity contribution in [1.29, 1.82) is 0 Å². The number of anilines is 1. The number of benzene rings is 2. The van der Waals surface area contributed by atoms with Gasteiger partial charge in [0, 0.05) is 11.8 Å². The van der Waals surface area contributed by atoms with Crippen LogP contribution in [0.3, 0.4) is 0 Å². The summed E-state index contributed by atoms with van der Waals surface area (Å²) in [6.07, 6.45) is -4.86. The number of amides is 3. The standard InChI is InChI=1S/C17H10F3N3O6/c18-17(19,20)29-10-6-4-9(5-7-10)21-13(24)8-22-15(25)11-2-1-3-12(23(27)28)14(11)16(22)26/h1-7H,8H2,(H,21,24). The summed E-state index contributed by atoms with van der Waals surface area (Å²) in [4.78, 5) is 47.7. The minimum atomic E-state index is -4.86. The first kappa shape index (κ1) is 19.8. The van der Waals surface area contributed by atoms with Crippen molar-refractivity contribution in [1.82, 2.24) is 4.90 Å². The van der Waals surface area contributed by atoms with Gasteiger partial charge in [-0.3, -0.25) is 29.4 Å². The number of alkyl halides is 3. The van der Waals surface area contributed by atoms with E-state index in [0.717, 1.165) is 30.3 Å². The molecule has 1 aliphatic heterocycles. The van der Waals surface area contributed by atoms with E-state index in [4.69, 9.17) is 0 Å². The molecule has 0 aliphatic carbocycles. The Morgan fingerprint density at radius 3 is 2.34 bits per heavy atom. The highest BCUT2D eigenvalue weighted by Gasteiger charge is 2.41. The van der Waals surface area contributed by atoms with E-state index in [9.17, 15) is 37.7 Å². The Kier molecular flexibility index (Phi) is 4.93. The van der Waals surface area contributed by atoms with E-state index in [1.165, 1.54) is 12.1 Å². The van der Waals surface area contributed by atoms with E-state index in [2.05, 4.69) is 10.1 Å². The van der Waals surface area contributed by atoms with Crippen molar-refractivity contribution >= 4 is 29.1 Å². The first-order valence-electron chi connectivity index (χ1n) is 7.86. The van der Waals surface area contributed by atoms with Gasteiger partial charge in [-0.15, -0.1) is 13.2 Å². The van der Waals surface area contributed by atoms with Crippen molar-refractivity contribution in [3.63, 3.8) is 0 Å². The minimum Gasteiger partial charge on any atom is -0.406 e. The third kappa shape index (κ3) is 4.15. The zero-order valence-electron chi connectivity index (χ0n) is 14.2. The second kappa shape index (κ2) is 7.22. The van der Waals surface area contributed by atoms with Crippen LogP contribution in [-0.2, 0) is 4.79 Å². The smallest absolute Gasteiger partial charge is 0.406 e. The van der Waals surface area contributed by atoms with Gasteiger partial charge in [0.05, 0.1) is 10.5 Å². The molecule has 3 amide bonds. The maximum absolute atomic E-state index is 12.4. The molecule has 0 saturated carbocycles. The largest absolute Gasteiger partial charge is 0.573 e. The summed E-state index contributed by atoms with van der Waals surface area (Å²) < 4.78 is 40.1. The summed E-state index contributed by atoms with van der Waals surface area (Å²) >= 11 is 0. The van der Waals surface area contributed by atoms with Gasteiger partial charge in [-0.05, 0) is 30.3 Å². The van der Waals surface area contributed by atoms with Crippen molar-refractivity contribution in [2.24, 2.45) is 0 Å². The number of nitrogens with one attached hydrogen (secondary N) is 1. The Hall–Kier alpha value is -3.96. The van der Waals surface area contributed by atoms with E-state index in [0.29, 0.717) is 4.90 Å². The Labute approximate surface area is 159 Å². The van der Waals surface area contributed by atoms with E-state index in [1.54, 1.807) is 0 Å². The van der Waals surface area contributed by atoms with Gasteiger partial charge in [-0.2, -0.15) is 0 Å². The number of nitro groups is 1. The first-order valence-corrected chi connectivity index (χ1v) is 7.86. The molecule has 29 heavy (non-hydrogen) atoms. The Morgan fingerprint density at radius 1 is 1.10 bits per heavy atom. The van der Waals surface area contributed by atoms with Crippen LogP contribution >= 0.6 is 0 Å². The molecule has 9 nitrogen and oxygen atoms in total. The van der Waals surface area contributed by atoms with Crippen molar-refractivity contribution < 1.29 is 37.2 Å². The Bertz CT molecular complexity index is 1020. The van der Waals surface area contributed by atoms with E-state index in [-0.39, 0.29) is 11.3 Å². The summed E-state index contributed by atoms with van der Waals surface area (Å²) in [7, 11) is 0. The van der Waals surface area contributed by atoms with Crippen molar-refractivity contribution in [3.8, 4) is 5.75 Å². The lowest BCUT2D eigenvalue weighted by Crippen LogP contribution is -2.37. The van der Waals surface area contributed by atoms with Gasteiger partial charge >= 0.3 is 6.36 Å². The molecule has 0 unspecified atom stereocenters. The van der Waals surface area contributed by atoms with E-state index < -0.39 is 52.6 Å². The van der Waals surface area contributed by atoms with Crippen LogP contribution in [0.1, 0.15) is 20.7 Å². The minimum absolute atomic E-state index is 0.0899. The van der Waals surface area contributed by atoms with Crippen molar-refractivity contribution in [2.75, 3.05) is 11.9 Å². The second-order valence-corrected chi connectivity index (χ2v) is 5.77. The highest BCUT2D eigenvalue weighted by Crippen LogP contribution is 2.30. The van der Waals surface area contributed by atoms with Gasteiger partial charge < -0.3 is 10.1 Å². The molecule has 1 heterocycles. The number of rotatable bonds is 5. The molecule has 12 heteroatoms. The molecule has 0 aromatic heterocycles. The highest BCUT2D eigenvalue weighted by molar-refractivity contribution is 6.24. The molecular formula is C17H10F3N3O6. The van der Waals surface area contributed by atoms with Crippen LogP contribution in [0.4, 0.5) is 24.5 Å². The monoisotopic (exact) mass is 409 g/mol. The molecule has 1 aliphatic rings. The van der Waals surface area contributed by atoms with Crippen LogP contribution in [0.15, 0.2) is 42.5 Å². The SMILES string of the molecule is O=C(CN1C(=O)c2cccc([N+](=O)[O-])c2C1=O)Nc1ccc(OC(F)(F)F)cc1. The lowest BCUT2D eigenvalue weighted by atomic mass is 10.1. The lowest BCUT2D eigenvalue weighted by molar-refractivity contribution is -0.385. The molecule has 2 aromatic carbocycles. The molecule has 3 rings (SSSR count). The number of carbonyl (C=O) groups excluding carboxylic acids is 3. The Balaban J connectivity index is 1.70. The predicted molar refractivity (Wildman–Crippen MR) is 90.2 cm³/mol. The van der Waals surface area contributed by atoms with Gasteiger partial charge in [-0.1, -0.05) is 6.07 Å². The molecular weight excluding hydrogens is 399 g/mol. The van der Waals surface area contributed by atoms with Gasteiger partial charge in [0.15, 0.2) is 0 Å². The third-order valence-electron chi connectivity index (χ3n) is 3.85. The van der Waals surface area contributed by atoms with Crippen LogP contribution in [0.5, 0.6) is 5.75 Å². The predicted octanol–water partition coefficient (Wildman–Crippen LogP) is 2.73. The molecule has 0 saturated heterocycles. The summed E-state index contributed by atoms with van der Waals surface area (Å²) in [6.45, 7) is -0.732. The number of nitrogens with zero attached hydrogens (tertiary/aromatic N) is 2. The van der Waals surface area contributed by atoms with Crippen LogP contribution in [0.2, 0.25) is 0 Å². The second-order valence-electron chi connectivity index (χ2n) is 5.77. The summed E-state index contributed by atoms with van der Waals surface area (Å²) in [6, 6.07) is 7.75. The van der Waals surface area contributed by atoms with Crippen molar-refractivity contribution in [2.45, 2.75) is 6.36 Å². The summed E-state index contributed by atoms with van der Waals surface area (Å²) in [5, 5.41) is 13.4. The maximum atomic E-state index is 12.4. The summed E-state index contributed by atoms with van der Waals surface area (Å²) in [5.41, 5.74) is -1.05. The number of nitro benzene ring substituents is 1. The normalized spacial score (nSPS) is 13.3. The van der Waals surface area contributed by atoms with Crippen LogP contribution in [-0.4, -0.2) is 40.5 Å². The van der Waals surface area contributed by atoms with Gasteiger partial charge in [0.25, 0.3) is 17.5 Å². The molecule has 0 radical (unpaired) electrons. The number of ether oxygens (including phenoxy) is 1. The number of halogens is 3. The zero-order chi connectivity index (χ0) is 21.3. The number of fused-ring (bicyclic) bond motifs is 1. The van der Waals surface area contributed by atoms with Crippen LogP contribution in [0.25, 0.3) is 0 Å². The lowest BCUT2D eigenvalue weighted by Gasteiger charge is -2.14. The van der Waals surface area contributed by atoms with Crippen molar-refractivity contribution in [3.05, 3.63) is 63.7 Å². The topological polar surface area (TPSA) is 119 Å². The van der Waals surface area contributed by atoms with Gasteiger partial charge in [0.1, 0.15) is 17.9 Å².